The van der Waals surface area contributed by atoms with Gasteiger partial charge in [-0.1, -0.05) is 53.4 Å². The predicted octanol–water partition coefficient (Wildman–Crippen LogP) is -0.340. The van der Waals surface area contributed by atoms with E-state index in [1.807, 2.05) is 13.8 Å². The first-order valence-corrected chi connectivity index (χ1v) is 12.2. The molecule has 0 bridgehead atoms. The molecule has 0 aromatic heterocycles. The van der Waals surface area contributed by atoms with E-state index in [1.165, 1.54) is 6.92 Å². The molecule has 0 aromatic carbocycles. The van der Waals surface area contributed by atoms with Crippen LogP contribution in [-0.2, 0) is 23.9 Å². The fourth-order valence-corrected chi connectivity index (χ4v) is 1.90. The molecule has 0 aromatic rings. The van der Waals surface area contributed by atoms with E-state index in [9.17, 15) is 34.5 Å². The Morgan fingerprint density at radius 1 is 0.765 bits per heavy atom. The number of unbranched alkanes of at least 4 members (excludes halogenated alkanes) is 3. The molecule has 0 aliphatic rings. The zero-order valence-electron chi connectivity index (χ0n) is 20.8. The number of ether oxygens (including phenoxy) is 1. The van der Waals surface area contributed by atoms with E-state index in [4.69, 9.17) is 9.84 Å². The third-order valence-corrected chi connectivity index (χ3v) is 4.54. The van der Waals surface area contributed by atoms with Crippen LogP contribution in [0.4, 0.5) is 0 Å². The van der Waals surface area contributed by atoms with Crippen molar-refractivity contribution in [1.82, 2.24) is 0 Å². The number of esters is 1. The number of aliphatic hydroxyl groups is 1. The summed E-state index contributed by atoms with van der Waals surface area (Å²) < 4.78 is 4.74. The van der Waals surface area contributed by atoms with Gasteiger partial charge in [0.2, 0.25) is 0 Å². The van der Waals surface area contributed by atoms with Crippen molar-refractivity contribution >= 4 is 73.0 Å². The number of carbonyl (C=O) groups is 4. The molecule has 0 aliphatic carbocycles. The van der Waals surface area contributed by atoms with Gasteiger partial charge in [-0.2, -0.15) is 25.3 Å². The monoisotopic (exact) mass is 634 g/mol. The second-order valence-corrected chi connectivity index (χ2v) is 7.93. The summed E-state index contributed by atoms with van der Waals surface area (Å²) in [7, 11) is 0. The predicted molar refractivity (Wildman–Crippen MR) is 135 cm³/mol. The van der Waals surface area contributed by atoms with Gasteiger partial charge in [0.15, 0.2) is 0 Å². The standard InChI is InChI=1S/C7H14O3.2C6H12O2S.C3H6O2.Sn.H/c1-2-7(9)10-6-4-3-5-8;2*1-2-3-4-5(9)6(7)8;1-2-3(4)5;;/h8H,2-6H2,1H3;2*5,9H,2-4H2,1H3,(H,7,8);2H2,1H3,(H,4,5);;/q;;;;+3;/p-3. The van der Waals surface area contributed by atoms with E-state index in [1.54, 1.807) is 6.92 Å². The van der Waals surface area contributed by atoms with Gasteiger partial charge in [-0.05, 0) is 32.1 Å². The van der Waals surface area contributed by atoms with Crippen LogP contribution in [0.1, 0.15) is 91.9 Å². The third kappa shape index (κ3) is 44.9. The summed E-state index contributed by atoms with van der Waals surface area (Å²) in [6, 6.07) is 0. The Kier molecular flexibility index (Phi) is 44.1. The summed E-state index contributed by atoms with van der Waals surface area (Å²) in [5.41, 5.74) is 0. The quantitative estimate of drug-likeness (QED) is 0.100. The maximum atomic E-state index is 10.5. The van der Waals surface area contributed by atoms with Crippen LogP contribution in [0.2, 0.25) is 0 Å². The summed E-state index contributed by atoms with van der Waals surface area (Å²) in [4.78, 5) is 39.8. The number of carboxylic acid groups (broad SMARTS) is 3. The summed E-state index contributed by atoms with van der Waals surface area (Å²) in [6.07, 6.45) is 7.04. The molecule has 2 unspecified atom stereocenters. The molecule has 0 fully saturated rings. The van der Waals surface area contributed by atoms with Crippen molar-refractivity contribution in [2.24, 2.45) is 0 Å². The van der Waals surface area contributed by atoms with Crippen molar-refractivity contribution in [2.45, 2.75) is 102 Å². The number of hydrogen-bond acceptors (Lipinski definition) is 11. The summed E-state index contributed by atoms with van der Waals surface area (Å²) >= 11 is 7.59. The van der Waals surface area contributed by atoms with Crippen LogP contribution in [-0.4, -0.2) is 76.6 Å². The molecular weight excluding hydrogens is 591 g/mol. The normalized spacial score (nSPS) is 10.8. The average molecular weight is 633 g/mol. The molecule has 0 saturated heterocycles. The first-order valence-electron chi connectivity index (χ1n) is 11.2. The molecule has 2 atom stereocenters. The van der Waals surface area contributed by atoms with Crippen LogP contribution in [0.15, 0.2) is 0 Å². The van der Waals surface area contributed by atoms with Gasteiger partial charge in [-0.25, -0.2) is 0 Å². The van der Waals surface area contributed by atoms with Gasteiger partial charge >= 0.3 is 29.9 Å². The third-order valence-electron chi connectivity index (χ3n) is 3.60. The summed E-state index contributed by atoms with van der Waals surface area (Å²) in [6.45, 7) is 7.92. The average Bonchev–Trinajstić information content (AvgIpc) is 2.79. The number of rotatable bonds is 14. The Morgan fingerprint density at radius 2 is 1.15 bits per heavy atom. The van der Waals surface area contributed by atoms with E-state index in [2.05, 4.69) is 25.3 Å². The number of carbonyl (C=O) groups excluding carboxylic acids is 4. The van der Waals surface area contributed by atoms with E-state index < -0.39 is 28.4 Å². The number of hydrogen-bond donors (Lipinski definition) is 3. The second kappa shape index (κ2) is 34.5. The van der Waals surface area contributed by atoms with Crippen LogP contribution < -0.4 is 15.3 Å². The topological polar surface area (TPSA) is 167 Å². The molecule has 200 valence electrons. The van der Waals surface area contributed by atoms with Crippen molar-refractivity contribution < 1.29 is 44.3 Å². The van der Waals surface area contributed by atoms with Crippen LogP contribution in [0.25, 0.3) is 0 Å². The van der Waals surface area contributed by atoms with Crippen LogP contribution in [0.3, 0.4) is 0 Å². The Balaban J connectivity index is -0.000000111. The molecule has 34 heavy (non-hydrogen) atoms. The van der Waals surface area contributed by atoms with Crippen molar-refractivity contribution in [3.8, 4) is 0 Å². The fourth-order valence-electron chi connectivity index (χ4n) is 1.53. The molecule has 0 spiro atoms. The minimum atomic E-state index is -1.06. The van der Waals surface area contributed by atoms with E-state index in [0.29, 0.717) is 32.3 Å². The minimum absolute atomic E-state index is 0. The molecule has 0 amide bonds. The SMILES string of the molecule is CCC(=O)OCCCCO.CCC(=O)[O-].CCCCC(S)C(=O)[O-].CCCCC(S)C(=O)[O-].[SnH+3]. The molecule has 1 N–H and O–H groups in total. The van der Waals surface area contributed by atoms with E-state index in [-0.39, 0.29) is 42.9 Å². The van der Waals surface area contributed by atoms with Crippen LogP contribution in [0.5, 0.6) is 0 Å². The van der Waals surface area contributed by atoms with Gasteiger partial charge in [0.1, 0.15) is 0 Å². The van der Waals surface area contributed by atoms with Crippen molar-refractivity contribution in [2.75, 3.05) is 13.2 Å². The van der Waals surface area contributed by atoms with E-state index in [0.717, 1.165) is 32.1 Å². The zero-order valence-corrected chi connectivity index (χ0v) is 25.9. The number of carboxylic acids is 3. The van der Waals surface area contributed by atoms with Gasteiger partial charge in [0, 0.05) is 29.5 Å². The van der Waals surface area contributed by atoms with Gasteiger partial charge in [-0.3, -0.25) is 4.79 Å². The Labute approximate surface area is 232 Å². The first-order chi connectivity index (χ1) is 15.4. The van der Waals surface area contributed by atoms with E-state index >= 15 is 0 Å². The van der Waals surface area contributed by atoms with Crippen molar-refractivity contribution in [3.63, 3.8) is 0 Å². The number of thiol groups is 2. The molecule has 0 heterocycles. The molecule has 0 aliphatic heterocycles. The van der Waals surface area contributed by atoms with Crippen molar-refractivity contribution in [1.29, 1.82) is 0 Å². The van der Waals surface area contributed by atoms with Crippen molar-refractivity contribution in [3.05, 3.63) is 0 Å². The molecular formula is C22H42O9S2Sn. The number of aliphatic hydroxyl groups excluding tert-OH is 1. The Hall–Kier alpha value is -0.661. The van der Waals surface area contributed by atoms with Gasteiger partial charge < -0.3 is 39.5 Å². The molecule has 9 nitrogen and oxygen atoms in total. The maximum absolute atomic E-state index is 10.5. The Bertz CT molecular complexity index is 471. The first kappa shape index (κ1) is 43.4. The summed E-state index contributed by atoms with van der Waals surface area (Å²) in [5, 5.41) is 36.5. The molecule has 0 rings (SSSR count). The van der Waals surface area contributed by atoms with Gasteiger partial charge in [-0.15, -0.1) is 0 Å². The fraction of sp³-hybridized carbons (Fsp3) is 0.818. The number of aliphatic carboxylic acids is 3. The Morgan fingerprint density at radius 3 is 1.38 bits per heavy atom. The van der Waals surface area contributed by atoms with Crippen LogP contribution in [0, 0.1) is 0 Å². The van der Waals surface area contributed by atoms with Crippen LogP contribution >= 0.6 is 25.3 Å². The molecule has 0 radical (unpaired) electrons. The zero-order chi connectivity index (χ0) is 26.7. The second-order valence-electron chi connectivity index (χ2n) is 6.68. The van der Waals surface area contributed by atoms with Gasteiger partial charge in [0.05, 0.1) is 18.5 Å². The molecule has 0 saturated carbocycles. The molecule has 12 heteroatoms. The summed E-state index contributed by atoms with van der Waals surface area (Å²) in [5.74, 6) is -3.29. The van der Waals surface area contributed by atoms with Gasteiger partial charge in [0.25, 0.3) is 0 Å².